The van der Waals surface area contributed by atoms with Gasteiger partial charge >= 0.3 is 0 Å². The molecule has 28 heavy (non-hydrogen) atoms. The molecule has 1 aliphatic heterocycles. The van der Waals surface area contributed by atoms with Crippen LogP contribution in [-0.4, -0.2) is 80.7 Å². The number of nitrogens with zero attached hydrogens (tertiary/aromatic N) is 3. The van der Waals surface area contributed by atoms with Gasteiger partial charge in [-0.2, -0.15) is 0 Å². The van der Waals surface area contributed by atoms with Crippen LogP contribution in [0.4, 0.5) is 0 Å². The van der Waals surface area contributed by atoms with Crippen LogP contribution in [0.15, 0.2) is 35.3 Å². The third-order valence-corrected chi connectivity index (χ3v) is 4.72. The molecular formula is C20H34IN5O2. The summed E-state index contributed by atoms with van der Waals surface area (Å²) in [6, 6.07) is 10.1. The number of aliphatic imine (C=N–C) groups is 1. The molecule has 0 radical (unpaired) electrons. The van der Waals surface area contributed by atoms with E-state index < -0.39 is 0 Å². The van der Waals surface area contributed by atoms with Gasteiger partial charge in [0.05, 0.1) is 26.3 Å². The number of carbonyl (C=O) groups excluding carboxylic acids is 1. The Labute approximate surface area is 185 Å². The van der Waals surface area contributed by atoms with Gasteiger partial charge in [0, 0.05) is 39.3 Å². The van der Waals surface area contributed by atoms with Crippen LogP contribution in [0.25, 0.3) is 0 Å². The van der Waals surface area contributed by atoms with E-state index in [-0.39, 0.29) is 42.0 Å². The summed E-state index contributed by atoms with van der Waals surface area (Å²) in [5.74, 6) is 0.659. The molecule has 1 fully saturated rings. The largest absolute Gasteiger partial charge is 0.379 e. The molecule has 0 spiro atoms. The second-order valence-electron chi connectivity index (χ2n) is 7.56. The van der Waals surface area contributed by atoms with Gasteiger partial charge in [-0.05, 0) is 19.4 Å². The molecular weight excluding hydrogens is 469 g/mol. The number of nitrogens with one attached hydrogen (secondary N) is 2. The highest BCUT2D eigenvalue weighted by Crippen LogP contribution is 2.15. The van der Waals surface area contributed by atoms with E-state index in [4.69, 9.17) is 4.74 Å². The van der Waals surface area contributed by atoms with Gasteiger partial charge in [-0.15, -0.1) is 24.0 Å². The lowest BCUT2D eigenvalue weighted by Crippen LogP contribution is -2.56. The van der Waals surface area contributed by atoms with Crippen molar-refractivity contribution >= 4 is 35.8 Å². The number of amides is 1. The SMILES string of the molecule is CN(C)C(=O)CNC(=NCc1ccccc1)NCC(C)(C)N1CCOCC1.I. The maximum absolute atomic E-state index is 11.9. The molecule has 0 aromatic heterocycles. The molecule has 1 amide bonds. The summed E-state index contributed by atoms with van der Waals surface area (Å²) < 4.78 is 5.46. The van der Waals surface area contributed by atoms with Gasteiger partial charge in [-0.3, -0.25) is 9.69 Å². The molecule has 0 aliphatic carbocycles. The van der Waals surface area contributed by atoms with Gasteiger partial charge in [-0.1, -0.05) is 30.3 Å². The van der Waals surface area contributed by atoms with E-state index in [1.165, 1.54) is 0 Å². The van der Waals surface area contributed by atoms with E-state index in [1.807, 2.05) is 30.3 Å². The standard InChI is InChI=1S/C20H33N5O2.HI/c1-20(2,25-10-12-27-13-11-25)16-23-19(22-15-18(26)24(3)4)21-14-17-8-6-5-7-9-17;/h5-9H,10-16H2,1-4H3,(H2,21,22,23);1H. The molecule has 0 bridgehead atoms. The Morgan fingerprint density at radius 1 is 1.18 bits per heavy atom. The van der Waals surface area contributed by atoms with Crippen LogP contribution in [0.2, 0.25) is 0 Å². The Kier molecular flexibility index (Phi) is 10.8. The number of rotatable bonds is 7. The van der Waals surface area contributed by atoms with Gasteiger partial charge in [0.2, 0.25) is 5.91 Å². The van der Waals surface area contributed by atoms with E-state index >= 15 is 0 Å². The highest BCUT2D eigenvalue weighted by atomic mass is 127. The Balaban J connectivity index is 0.00000392. The summed E-state index contributed by atoms with van der Waals surface area (Å²) in [5.41, 5.74) is 1.09. The predicted molar refractivity (Wildman–Crippen MR) is 124 cm³/mol. The van der Waals surface area contributed by atoms with E-state index in [0.29, 0.717) is 12.5 Å². The molecule has 0 unspecified atom stereocenters. The minimum atomic E-state index is -0.0372. The Morgan fingerprint density at radius 3 is 2.43 bits per heavy atom. The van der Waals surface area contributed by atoms with Crippen molar-refractivity contribution in [3.63, 3.8) is 0 Å². The molecule has 2 N–H and O–H groups in total. The van der Waals surface area contributed by atoms with Gasteiger partial charge in [-0.25, -0.2) is 4.99 Å². The molecule has 0 atom stereocenters. The summed E-state index contributed by atoms with van der Waals surface area (Å²) in [6.07, 6.45) is 0. The first kappa shape index (κ1) is 24.6. The quantitative estimate of drug-likeness (QED) is 0.336. The maximum Gasteiger partial charge on any atom is 0.241 e. The number of morpholine rings is 1. The minimum Gasteiger partial charge on any atom is -0.379 e. The zero-order valence-corrected chi connectivity index (χ0v) is 19.7. The number of hydrogen-bond donors (Lipinski definition) is 2. The predicted octanol–water partition coefficient (Wildman–Crippen LogP) is 1.54. The van der Waals surface area contributed by atoms with Crippen LogP contribution >= 0.6 is 24.0 Å². The zero-order chi connectivity index (χ0) is 19.7. The molecule has 8 heteroatoms. The number of hydrogen-bond acceptors (Lipinski definition) is 4. The van der Waals surface area contributed by atoms with Crippen molar-refractivity contribution in [2.75, 3.05) is 53.5 Å². The molecule has 0 saturated carbocycles. The normalized spacial score (nSPS) is 15.5. The van der Waals surface area contributed by atoms with Crippen LogP contribution < -0.4 is 10.6 Å². The number of benzene rings is 1. The second kappa shape index (κ2) is 12.2. The first-order valence-electron chi connectivity index (χ1n) is 9.47. The summed E-state index contributed by atoms with van der Waals surface area (Å²) in [4.78, 5) is 20.6. The number of ether oxygens (including phenoxy) is 1. The molecule has 1 heterocycles. The molecule has 158 valence electrons. The Bertz CT molecular complexity index is 616. The van der Waals surface area contributed by atoms with E-state index in [1.54, 1.807) is 19.0 Å². The number of carbonyl (C=O) groups is 1. The van der Waals surface area contributed by atoms with Crippen molar-refractivity contribution in [2.45, 2.75) is 25.9 Å². The lowest BCUT2D eigenvalue weighted by atomic mass is 10.0. The van der Waals surface area contributed by atoms with Gasteiger partial charge < -0.3 is 20.3 Å². The van der Waals surface area contributed by atoms with Crippen LogP contribution in [0.3, 0.4) is 0 Å². The number of likely N-dealkylation sites (N-methyl/N-ethyl adjacent to an activating group) is 1. The zero-order valence-electron chi connectivity index (χ0n) is 17.4. The average molecular weight is 503 g/mol. The third-order valence-electron chi connectivity index (χ3n) is 4.72. The number of guanidine groups is 1. The Hall–Kier alpha value is -1.39. The van der Waals surface area contributed by atoms with Crippen LogP contribution in [0.1, 0.15) is 19.4 Å². The fourth-order valence-electron chi connectivity index (χ4n) is 2.83. The lowest BCUT2D eigenvalue weighted by Gasteiger charge is -2.41. The maximum atomic E-state index is 11.9. The van der Waals surface area contributed by atoms with Crippen LogP contribution in [0, 0.1) is 0 Å². The second-order valence-corrected chi connectivity index (χ2v) is 7.56. The molecule has 2 rings (SSSR count). The third kappa shape index (κ3) is 8.32. The highest BCUT2D eigenvalue weighted by Gasteiger charge is 2.28. The molecule has 1 aliphatic rings. The average Bonchev–Trinajstić information content (AvgIpc) is 2.68. The van der Waals surface area contributed by atoms with Gasteiger partial charge in [0.25, 0.3) is 0 Å². The van der Waals surface area contributed by atoms with Gasteiger partial charge in [0.1, 0.15) is 0 Å². The topological polar surface area (TPSA) is 69.2 Å². The summed E-state index contributed by atoms with van der Waals surface area (Å²) >= 11 is 0. The number of halogens is 1. The van der Waals surface area contributed by atoms with E-state index in [9.17, 15) is 4.79 Å². The fraction of sp³-hybridized carbons (Fsp3) is 0.600. The monoisotopic (exact) mass is 503 g/mol. The van der Waals surface area contributed by atoms with Crippen molar-refractivity contribution in [3.8, 4) is 0 Å². The smallest absolute Gasteiger partial charge is 0.241 e. The molecule has 1 aromatic rings. The summed E-state index contributed by atoms with van der Waals surface area (Å²) in [6.45, 7) is 9.33. The summed E-state index contributed by atoms with van der Waals surface area (Å²) in [7, 11) is 3.50. The van der Waals surface area contributed by atoms with Crippen molar-refractivity contribution < 1.29 is 9.53 Å². The first-order valence-corrected chi connectivity index (χ1v) is 9.47. The van der Waals surface area contributed by atoms with E-state index in [2.05, 4.69) is 34.4 Å². The van der Waals surface area contributed by atoms with E-state index in [0.717, 1.165) is 38.4 Å². The summed E-state index contributed by atoms with van der Waals surface area (Å²) in [5, 5.41) is 6.56. The molecule has 7 nitrogen and oxygen atoms in total. The fourth-order valence-corrected chi connectivity index (χ4v) is 2.83. The molecule has 1 saturated heterocycles. The van der Waals surface area contributed by atoms with Crippen LogP contribution in [-0.2, 0) is 16.1 Å². The highest BCUT2D eigenvalue weighted by molar-refractivity contribution is 14.0. The van der Waals surface area contributed by atoms with Gasteiger partial charge in [0.15, 0.2) is 5.96 Å². The van der Waals surface area contributed by atoms with Crippen molar-refractivity contribution in [1.82, 2.24) is 20.4 Å². The van der Waals surface area contributed by atoms with Crippen molar-refractivity contribution in [3.05, 3.63) is 35.9 Å². The minimum absolute atomic E-state index is 0. The lowest BCUT2D eigenvalue weighted by molar-refractivity contribution is -0.127. The first-order chi connectivity index (χ1) is 12.9. The van der Waals surface area contributed by atoms with Crippen molar-refractivity contribution in [1.29, 1.82) is 0 Å². The van der Waals surface area contributed by atoms with Crippen LogP contribution in [0.5, 0.6) is 0 Å². The molecule has 1 aromatic carbocycles. The van der Waals surface area contributed by atoms with Crippen molar-refractivity contribution in [2.24, 2.45) is 4.99 Å². The Morgan fingerprint density at radius 2 is 1.82 bits per heavy atom.